The van der Waals surface area contributed by atoms with Crippen molar-refractivity contribution in [3.8, 4) is 11.1 Å². The first kappa shape index (κ1) is 18.7. The smallest absolute Gasteiger partial charge is 0.409 e. The van der Waals surface area contributed by atoms with Gasteiger partial charge in [-0.1, -0.05) is 29.3 Å². The van der Waals surface area contributed by atoms with Crippen molar-refractivity contribution in [2.45, 2.75) is 18.9 Å². The Hall–Kier alpha value is -2.05. The maximum absolute atomic E-state index is 11.6. The van der Waals surface area contributed by atoms with E-state index in [1.54, 1.807) is 38.6 Å². The monoisotopic (exact) mass is 394 g/mol. The number of amides is 1. The number of anilines is 1. The van der Waals surface area contributed by atoms with Crippen molar-refractivity contribution in [3.63, 3.8) is 0 Å². The predicted molar refractivity (Wildman–Crippen MR) is 103 cm³/mol. The molecule has 3 rings (SSSR count). The van der Waals surface area contributed by atoms with Crippen LogP contribution in [0.3, 0.4) is 0 Å². The van der Waals surface area contributed by atoms with Gasteiger partial charge >= 0.3 is 6.09 Å². The lowest BCUT2D eigenvalue weighted by molar-refractivity contribution is 0.0624. The molecule has 0 spiro atoms. The molecule has 1 aromatic heterocycles. The van der Waals surface area contributed by atoms with Gasteiger partial charge in [-0.2, -0.15) is 0 Å². The summed E-state index contributed by atoms with van der Waals surface area (Å²) in [5.74, 6) is 0.663. The molecule has 8 heteroatoms. The van der Waals surface area contributed by atoms with Gasteiger partial charge in [0.05, 0.1) is 0 Å². The lowest BCUT2D eigenvalue weighted by Gasteiger charge is -2.32. The molecule has 1 fully saturated rings. The van der Waals surface area contributed by atoms with Gasteiger partial charge in [-0.25, -0.2) is 14.8 Å². The number of benzene rings is 1. The summed E-state index contributed by atoms with van der Waals surface area (Å²) in [5, 5.41) is 1.16. The van der Waals surface area contributed by atoms with E-state index in [1.165, 1.54) is 4.90 Å². The van der Waals surface area contributed by atoms with Crippen molar-refractivity contribution in [1.82, 2.24) is 14.9 Å². The van der Waals surface area contributed by atoms with Crippen LogP contribution < -0.4 is 4.90 Å². The molecule has 26 heavy (non-hydrogen) atoms. The van der Waals surface area contributed by atoms with E-state index in [-0.39, 0.29) is 12.2 Å². The number of rotatable bonds is 3. The third-order valence-corrected chi connectivity index (χ3v) is 4.79. The molecule has 2 aromatic rings. The number of carbonyl (C=O) groups is 1. The Bertz CT molecular complexity index is 775. The maximum atomic E-state index is 11.6. The van der Waals surface area contributed by atoms with Gasteiger partial charge in [-0.15, -0.1) is 0 Å². The van der Waals surface area contributed by atoms with E-state index in [9.17, 15) is 4.79 Å². The Kier molecular flexibility index (Phi) is 5.84. The Morgan fingerprint density at radius 2 is 1.85 bits per heavy atom. The molecular weight excluding hydrogens is 375 g/mol. The zero-order chi connectivity index (χ0) is 18.7. The first-order chi connectivity index (χ1) is 12.4. The van der Waals surface area contributed by atoms with E-state index in [1.807, 2.05) is 6.07 Å². The number of hydrogen-bond donors (Lipinski definition) is 0. The summed E-state index contributed by atoms with van der Waals surface area (Å²) < 4.78 is 5.43. The highest BCUT2D eigenvalue weighted by molar-refractivity contribution is 6.36. The highest BCUT2D eigenvalue weighted by atomic mass is 35.5. The number of aromatic nitrogens is 2. The normalized spacial score (nSPS) is 15.0. The average molecular weight is 395 g/mol. The molecule has 0 radical (unpaired) electrons. The van der Waals surface area contributed by atoms with Crippen molar-refractivity contribution >= 4 is 35.2 Å². The molecule has 0 saturated carbocycles. The molecule has 0 unspecified atom stereocenters. The van der Waals surface area contributed by atoms with E-state index in [2.05, 4.69) is 14.9 Å². The molecule has 1 aliphatic heterocycles. The Balaban J connectivity index is 1.62. The summed E-state index contributed by atoms with van der Waals surface area (Å²) in [4.78, 5) is 24.1. The Morgan fingerprint density at radius 3 is 2.42 bits per heavy atom. The van der Waals surface area contributed by atoms with Crippen LogP contribution in [0.25, 0.3) is 11.1 Å². The van der Waals surface area contributed by atoms with Gasteiger partial charge in [-0.3, -0.25) is 0 Å². The van der Waals surface area contributed by atoms with E-state index in [4.69, 9.17) is 27.9 Å². The summed E-state index contributed by atoms with van der Waals surface area (Å²) in [6.07, 6.45) is 4.67. The summed E-state index contributed by atoms with van der Waals surface area (Å²) in [7, 11) is 3.36. The minimum atomic E-state index is -0.302. The van der Waals surface area contributed by atoms with E-state index < -0.39 is 0 Å². The van der Waals surface area contributed by atoms with Gasteiger partial charge in [0.25, 0.3) is 0 Å². The molecule has 0 aliphatic carbocycles. The zero-order valence-electron chi connectivity index (χ0n) is 14.7. The fraction of sp³-hybridized carbons (Fsp3) is 0.389. The predicted octanol–water partition coefficient (Wildman–Crippen LogP) is 4.12. The fourth-order valence-electron chi connectivity index (χ4n) is 2.77. The third-order valence-electron chi connectivity index (χ3n) is 4.24. The second-order valence-corrected chi connectivity index (χ2v) is 7.20. The van der Waals surface area contributed by atoms with Crippen molar-refractivity contribution in [2.75, 3.05) is 32.1 Å². The maximum Gasteiger partial charge on any atom is 0.409 e. The molecule has 1 aliphatic rings. The van der Waals surface area contributed by atoms with Gasteiger partial charge in [-0.05, 0) is 12.1 Å². The largest absolute Gasteiger partial charge is 0.446 e. The first-order valence-electron chi connectivity index (χ1n) is 8.34. The van der Waals surface area contributed by atoms with E-state index >= 15 is 0 Å². The lowest BCUT2D eigenvalue weighted by atomic mass is 10.1. The number of ether oxygens (including phenoxy) is 1. The number of piperidine rings is 1. The van der Waals surface area contributed by atoms with Gasteiger partial charge in [0.1, 0.15) is 6.10 Å². The van der Waals surface area contributed by atoms with Crippen molar-refractivity contribution in [3.05, 3.63) is 40.6 Å². The molecule has 0 N–H and O–H groups in total. The number of nitrogens with zero attached hydrogens (tertiary/aromatic N) is 4. The highest BCUT2D eigenvalue weighted by Gasteiger charge is 2.24. The van der Waals surface area contributed by atoms with Gasteiger partial charge in [0.15, 0.2) is 0 Å². The molecule has 1 amide bonds. The van der Waals surface area contributed by atoms with Gasteiger partial charge in [0.2, 0.25) is 5.95 Å². The summed E-state index contributed by atoms with van der Waals surface area (Å²) in [5.41, 5.74) is 1.68. The Morgan fingerprint density at radius 1 is 1.19 bits per heavy atom. The van der Waals surface area contributed by atoms with Crippen LogP contribution in [0.4, 0.5) is 10.7 Å². The molecule has 0 bridgehead atoms. The summed E-state index contributed by atoms with van der Waals surface area (Å²) >= 11 is 12.2. The number of halogens is 2. The van der Waals surface area contributed by atoms with Crippen molar-refractivity contribution in [1.29, 1.82) is 0 Å². The van der Waals surface area contributed by atoms with E-state index in [0.717, 1.165) is 37.1 Å². The topological polar surface area (TPSA) is 58.6 Å². The van der Waals surface area contributed by atoms with Gasteiger partial charge < -0.3 is 14.5 Å². The minimum absolute atomic E-state index is 0.0618. The quantitative estimate of drug-likeness (QED) is 0.783. The molecular formula is C18H20Cl2N4O2. The van der Waals surface area contributed by atoms with Crippen LogP contribution in [-0.4, -0.2) is 54.2 Å². The van der Waals surface area contributed by atoms with Crippen molar-refractivity contribution < 1.29 is 9.53 Å². The van der Waals surface area contributed by atoms with Crippen molar-refractivity contribution in [2.24, 2.45) is 0 Å². The highest BCUT2D eigenvalue weighted by Crippen LogP contribution is 2.30. The third kappa shape index (κ3) is 4.37. The first-order valence-corrected chi connectivity index (χ1v) is 9.10. The Labute approximate surface area is 162 Å². The van der Waals surface area contributed by atoms with Crippen LogP contribution in [0.15, 0.2) is 30.6 Å². The second-order valence-electron chi connectivity index (χ2n) is 6.36. The van der Waals surface area contributed by atoms with Crippen LogP contribution in [0.5, 0.6) is 0 Å². The average Bonchev–Trinajstić information content (AvgIpc) is 2.62. The molecule has 1 saturated heterocycles. The van der Waals surface area contributed by atoms with Crippen LogP contribution >= 0.6 is 23.2 Å². The standard InChI is InChI=1S/C18H20Cl2N4O2/c1-23(2)18(25)26-14-5-7-24(8-6-14)17-21-10-12(11-22-17)15-4-3-13(19)9-16(15)20/h3-4,9-11,14H,5-8H2,1-2H3. The molecule has 0 atom stereocenters. The second kappa shape index (κ2) is 8.10. The van der Waals surface area contributed by atoms with E-state index in [0.29, 0.717) is 16.0 Å². The van der Waals surface area contributed by atoms with Crippen LogP contribution in [-0.2, 0) is 4.74 Å². The molecule has 1 aromatic carbocycles. The number of hydrogen-bond acceptors (Lipinski definition) is 5. The zero-order valence-corrected chi connectivity index (χ0v) is 16.2. The molecule has 6 nitrogen and oxygen atoms in total. The summed E-state index contributed by atoms with van der Waals surface area (Å²) in [6.45, 7) is 1.48. The van der Waals surface area contributed by atoms with Crippen LogP contribution in [0, 0.1) is 0 Å². The minimum Gasteiger partial charge on any atom is -0.446 e. The lowest BCUT2D eigenvalue weighted by Crippen LogP contribution is -2.40. The molecule has 138 valence electrons. The van der Waals surface area contributed by atoms with Gasteiger partial charge in [0, 0.05) is 73.6 Å². The number of carbonyl (C=O) groups excluding carboxylic acids is 1. The summed E-state index contributed by atoms with van der Waals surface area (Å²) in [6, 6.07) is 5.34. The van der Waals surface area contributed by atoms with Crippen LogP contribution in [0.2, 0.25) is 10.0 Å². The van der Waals surface area contributed by atoms with Crippen LogP contribution in [0.1, 0.15) is 12.8 Å². The SMILES string of the molecule is CN(C)C(=O)OC1CCN(c2ncc(-c3ccc(Cl)cc3Cl)cn2)CC1. The molecule has 2 heterocycles. The fourth-order valence-corrected chi connectivity index (χ4v) is 3.29.